The average molecular weight is 529 g/mol. The molecule has 3 rings (SSSR count). The quantitative estimate of drug-likeness (QED) is 0.129. The fraction of sp³-hybridized carbons (Fsp3) is 0.219. The van der Waals surface area contributed by atoms with Crippen molar-refractivity contribution < 1.29 is 33.7 Å². The van der Waals surface area contributed by atoms with Gasteiger partial charge in [0, 0.05) is 5.57 Å². The Balaban J connectivity index is 1.84. The molecule has 7 heteroatoms. The highest BCUT2D eigenvalue weighted by atomic mass is 16.6. The molecule has 0 aliphatic rings. The second kappa shape index (κ2) is 13.9. The van der Waals surface area contributed by atoms with Gasteiger partial charge in [-0.25, -0.2) is 14.4 Å². The first-order valence-electron chi connectivity index (χ1n) is 12.7. The van der Waals surface area contributed by atoms with Crippen LogP contribution >= 0.6 is 0 Å². The number of aliphatic hydroxyl groups is 1. The topological polar surface area (TPSA) is 99.1 Å². The lowest BCUT2D eigenvalue weighted by molar-refractivity contribution is -0.131. The molecule has 0 unspecified atom stereocenters. The molecule has 0 saturated carbocycles. The van der Waals surface area contributed by atoms with Gasteiger partial charge in [-0.05, 0) is 72.9 Å². The number of ether oxygens (including phenoxy) is 3. The van der Waals surface area contributed by atoms with Crippen molar-refractivity contribution in [2.45, 2.75) is 39.5 Å². The Hall–Kier alpha value is -4.49. The molecule has 0 atom stereocenters. The molecule has 1 N–H and O–H groups in total. The molecule has 0 saturated heterocycles. The number of hydrogen-bond acceptors (Lipinski definition) is 7. The van der Waals surface area contributed by atoms with Crippen LogP contribution in [0.2, 0.25) is 0 Å². The van der Waals surface area contributed by atoms with Gasteiger partial charge in [-0.3, -0.25) is 0 Å². The zero-order valence-electron chi connectivity index (χ0n) is 22.2. The van der Waals surface area contributed by atoms with E-state index in [1.807, 2.05) is 12.1 Å². The van der Waals surface area contributed by atoms with Crippen molar-refractivity contribution in [2.24, 2.45) is 0 Å². The van der Waals surface area contributed by atoms with Gasteiger partial charge in [0.2, 0.25) is 0 Å². The van der Waals surface area contributed by atoms with Crippen LogP contribution in [0, 0.1) is 0 Å². The zero-order chi connectivity index (χ0) is 28.4. The Bertz CT molecular complexity index is 1350. The minimum Gasteiger partial charge on any atom is -0.423 e. The summed E-state index contributed by atoms with van der Waals surface area (Å²) in [6.07, 6.45) is 4.32. The summed E-state index contributed by atoms with van der Waals surface area (Å²) in [5.74, 6) is -1.55. The first-order chi connectivity index (χ1) is 18.7. The second-order valence-electron chi connectivity index (χ2n) is 9.05. The van der Waals surface area contributed by atoms with Crippen LogP contribution in [-0.2, 0) is 16.0 Å². The standard InChI is InChI=1S/C32H32O7/c1-5-6-7-8-23-9-11-25(12-10-23)32(36)39-29-19-26(15-18-28(29)38-30(34)21(2)3)24-13-16-27(17-14-24)37-31(35)22(4)20-33/h9-19,33H,2,4-8,20H2,1,3H3. The second-order valence-corrected chi connectivity index (χ2v) is 9.05. The summed E-state index contributed by atoms with van der Waals surface area (Å²) in [5, 5.41) is 9.02. The number of unbranched alkanes of at least 4 members (excludes halogenated alkanes) is 2. The Morgan fingerprint density at radius 1 is 0.769 bits per heavy atom. The molecule has 0 radical (unpaired) electrons. The van der Waals surface area contributed by atoms with Crippen LogP contribution < -0.4 is 14.2 Å². The molecule has 0 aliphatic heterocycles. The van der Waals surface area contributed by atoms with Gasteiger partial charge in [-0.2, -0.15) is 0 Å². The molecule has 202 valence electrons. The average Bonchev–Trinajstić information content (AvgIpc) is 2.94. The molecule has 3 aromatic rings. The third-order valence-electron chi connectivity index (χ3n) is 5.83. The fourth-order valence-electron chi connectivity index (χ4n) is 3.54. The van der Waals surface area contributed by atoms with Gasteiger partial charge in [0.25, 0.3) is 0 Å². The molecular weight excluding hydrogens is 496 g/mol. The van der Waals surface area contributed by atoms with E-state index in [-0.39, 0.29) is 28.4 Å². The largest absolute Gasteiger partial charge is 0.423 e. The first kappa shape index (κ1) is 29.1. The van der Waals surface area contributed by atoms with E-state index in [0.29, 0.717) is 11.1 Å². The van der Waals surface area contributed by atoms with Crippen molar-refractivity contribution in [3.05, 3.63) is 102 Å². The summed E-state index contributed by atoms with van der Waals surface area (Å²) in [5.41, 5.74) is 3.04. The minimum absolute atomic E-state index is 0.0587. The first-order valence-corrected chi connectivity index (χ1v) is 12.7. The van der Waals surface area contributed by atoms with Gasteiger partial charge < -0.3 is 19.3 Å². The van der Waals surface area contributed by atoms with Gasteiger partial charge in [0.15, 0.2) is 11.5 Å². The van der Waals surface area contributed by atoms with Crippen molar-refractivity contribution >= 4 is 17.9 Å². The van der Waals surface area contributed by atoms with Crippen LogP contribution in [0.5, 0.6) is 17.2 Å². The molecule has 0 spiro atoms. The van der Waals surface area contributed by atoms with E-state index in [2.05, 4.69) is 20.1 Å². The molecule has 0 bridgehead atoms. The molecule has 0 aliphatic carbocycles. The molecule has 39 heavy (non-hydrogen) atoms. The van der Waals surface area contributed by atoms with Crippen molar-refractivity contribution in [3.8, 4) is 28.4 Å². The Kier molecular flexibility index (Phi) is 10.3. The van der Waals surface area contributed by atoms with Crippen molar-refractivity contribution in [1.29, 1.82) is 0 Å². The fourth-order valence-corrected chi connectivity index (χ4v) is 3.54. The van der Waals surface area contributed by atoms with Crippen LogP contribution in [0.1, 0.15) is 49.0 Å². The van der Waals surface area contributed by atoms with E-state index in [1.54, 1.807) is 48.5 Å². The third-order valence-corrected chi connectivity index (χ3v) is 5.83. The van der Waals surface area contributed by atoms with Gasteiger partial charge in [0.05, 0.1) is 17.7 Å². The summed E-state index contributed by atoms with van der Waals surface area (Å²) < 4.78 is 16.3. The smallest absolute Gasteiger partial charge is 0.343 e. The van der Waals surface area contributed by atoms with Crippen molar-refractivity contribution in [2.75, 3.05) is 6.61 Å². The third kappa shape index (κ3) is 8.25. The molecular formula is C32H32O7. The monoisotopic (exact) mass is 528 g/mol. The van der Waals surface area contributed by atoms with E-state index in [4.69, 9.17) is 19.3 Å². The summed E-state index contributed by atoms with van der Waals surface area (Å²) >= 11 is 0. The number of hydrogen-bond donors (Lipinski definition) is 1. The maximum atomic E-state index is 13.0. The van der Waals surface area contributed by atoms with E-state index in [0.717, 1.165) is 36.8 Å². The molecule has 0 amide bonds. The van der Waals surface area contributed by atoms with Crippen molar-refractivity contribution in [1.82, 2.24) is 0 Å². The molecule has 0 aromatic heterocycles. The Morgan fingerprint density at radius 3 is 2.05 bits per heavy atom. The lowest BCUT2D eigenvalue weighted by Crippen LogP contribution is -2.13. The van der Waals surface area contributed by atoms with Gasteiger partial charge >= 0.3 is 17.9 Å². The number of rotatable bonds is 12. The van der Waals surface area contributed by atoms with E-state index >= 15 is 0 Å². The molecule has 3 aromatic carbocycles. The highest BCUT2D eigenvalue weighted by Gasteiger charge is 2.17. The van der Waals surface area contributed by atoms with Gasteiger partial charge in [-0.1, -0.05) is 63.3 Å². The van der Waals surface area contributed by atoms with Crippen LogP contribution in [0.4, 0.5) is 0 Å². The maximum absolute atomic E-state index is 13.0. The number of carbonyl (C=O) groups excluding carboxylic acids is 3. The van der Waals surface area contributed by atoms with E-state index < -0.39 is 24.5 Å². The van der Waals surface area contributed by atoms with Crippen LogP contribution in [0.3, 0.4) is 0 Å². The number of aliphatic hydroxyl groups excluding tert-OH is 1. The van der Waals surface area contributed by atoms with Gasteiger partial charge in [-0.15, -0.1) is 0 Å². The van der Waals surface area contributed by atoms with Gasteiger partial charge in [0.1, 0.15) is 5.75 Å². The number of aryl methyl sites for hydroxylation is 1. The Labute approximate surface area is 228 Å². The van der Waals surface area contributed by atoms with Crippen LogP contribution in [-0.4, -0.2) is 29.6 Å². The minimum atomic E-state index is -0.725. The Morgan fingerprint density at radius 2 is 1.44 bits per heavy atom. The van der Waals surface area contributed by atoms with E-state index in [1.165, 1.54) is 13.0 Å². The number of benzene rings is 3. The van der Waals surface area contributed by atoms with Crippen LogP contribution in [0.15, 0.2) is 91.0 Å². The molecule has 0 fully saturated rings. The highest BCUT2D eigenvalue weighted by Crippen LogP contribution is 2.34. The predicted molar refractivity (Wildman–Crippen MR) is 149 cm³/mol. The zero-order valence-corrected chi connectivity index (χ0v) is 22.2. The molecule has 0 heterocycles. The number of carbonyl (C=O) groups is 3. The highest BCUT2D eigenvalue weighted by molar-refractivity contribution is 5.93. The summed E-state index contributed by atoms with van der Waals surface area (Å²) in [6, 6.07) is 18.7. The normalized spacial score (nSPS) is 10.4. The summed E-state index contributed by atoms with van der Waals surface area (Å²) in [4.78, 5) is 37.0. The lowest BCUT2D eigenvalue weighted by atomic mass is 10.0. The van der Waals surface area contributed by atoms with E-state index in [9.17, 15) is 14.4 Å². The maximum Gasteiger partial charge on any atom is 0.343 e. The SMILES string of the molecule is C=C(C)C(=O)Oc1ccc(-c2ccc(OC(=O)C(=C)CO)cc2)cc1OC(=O)c1ccc(CCCCC)cc1. The lowest BCUT2D eigenvalue weighted by Gasteiger charge is -2.13. The van der Waals surface area contributed by atoms with Crippen LogP contribution in [0.25, 0.3) is 11.1 Å². The van der Waals surface area contributed by atoms with Crippen molar-refractivity contribution in [3.63, 3.8) is 0 Å². The summed E-state index contributed by atoms with van der Waals surface area (Å²) in [6.45, 7) is 10.2. The number of esters is 3. The molecule has 7 nitrogen and oxygen atoms in total. The predicted octanol–water partition coefficient (Wildman–Crippen LogP) is 6.24. The summed E-state index contributed by atoms with van der Waals surface area (Å²) in [7, 11) is 0.